The number of esters is 1. The average molecular weight is 827 g/mol. The fraction of sp³-hybridized carbons (Fsp3) is 0.682. The molecule has 1 fully saturated rings. The Morgan fingerprint density at radius 2 is 1.74 bits per heavy atom. The number of nitrogens with two attached hydrogens (primary N) is 1. The predicted octanol–water partition coefficient (Wildman–Crippen LogP) is 7.01. The van der Waals surface area contributed by atoms with Gasteiger partial charge in [-0.3, -0.25) is 28.9 Å². The highest BCUT2D eigenvalue weighted by molar-refractivity contribution is 7.09. The molecule has 58 heavy (non-hydrogen) atoms. The second kappa shape index (κ2) is 22.9. The summed E-state index contributed by atoms with van der Waals surface area (Å²) in [5.74, 6) is -2.41. The van der Waals surface area contributed by atoms with Gasteiger partial charge in [0.05, 0.1) is 11.5 Å². The summed E-state index contributed by atoms with van der Waals surface area (Å²) in [6, 6.07) is 5.30. The van der Waals surface area contributed by atoms with Crippen LogP contribution in [0.1, 0.15) is 147 Å². The lowest BCUT2D eigenvalue weighted by molar-refractivity contribution is -0.150. The molecule has 0 bridgehead atoms. The summed E-state index contributed by atoms with van der Waals surface area (Å²) < 4.78 is 5.92. The number of anilines is 1. The van der Waals surface area contributed by atoms with Crippen molar-refractivity contribution in [1.82, 2.24) is 25.4 Å². The first-order valence-electron chi connectivity index (χ1n) is 21.2. The van der Waals surface area contributed by atoms with Crippen molar-refractivity contribution >= 4 is 46.7 Å². The molecule has 2 heterocycles. The third-order valence-electron chi connectivity index (χ3n) is 11.5. The largest absolute Gasteiger partial charge is 0.481 e. The highest BCUT2D eigenvalue weighted by Gasteiger charge is 2.39. The van der Waals surface area contributed by atoms with E-state index >= 15 is 0 Å². The van der Waals surface area contributed by atoms with Crippen molar-refractivity contribution in [1.29, 1.82) is 0 Å². The second-order valence-corrected chi connectivity index (χ2v) is 18.1. The number of nitrogens with zero attached hydrogens (tertiary/aromatic N) is 3. The number of aromatic nitrogens is 1. The molecule has 0 radical (unpaired) electrons. The van der Waals surface area contributed by atoms with Crippen LogP contribution in [0.25, 0.3) is 0 Å². The van der Waals surface area contributed by atoms with Gasteiger partial charge in [0, 0.05) is 43.0 Å². The highest BCUT2D eigenvalue weighted by Crippen LogP contribution is 2.32. The summed E-state index contributed by atoms with van der Waals surface area (Å²) in [4.78, 5) is 75.7. The molecular weight excluding hydrogens is 757 g/mol. The Balaban J connectivity index is 1.94. The van der Waals surface area contributed by atoms with E-state index in [0.29, 0.717) is 30.1 Å². The minimum absolute atomic E-state index is 0.0552. The molecule has 3 amide bonds. The van der Waals surface area contributed by atoms with Crippen molar-refractivity contribution in [2.24, 2.45) is 17.3 Å². The summed E-state index contributed by atoms with van der Waals surface area (Å²) in [5, 5.41) is 18.1. The van der Waals surface area contributed by atoms with E-state index in [1.807, 2.05) is 51.8 Å². The Morgan fingerprint density at radius 3 is 2.33 bits per heavy atom. The Morgan fingerprint density at radius 1 is 1.05 bits per heavy atom. The zero-order valence-electron chi connectivity index (χ0n) is 36.3. The number of nitrogens with one attached hydrogen (secondary N) is 2. The molecule has 0 spiro atoms. The number of hydrogen-bond acceptors (Lipinski definition) is 10. The number of carbonyl (C=O) groups excluding carboxylic acids is 4. The quantitative estimate of drug-likeness (QED) is 0.0517. The first-order chi connectivity index (χ1) is 27.4. The molecule has 1 saturated heterocycles. The van der Waals surface area contributed by atoms with E-state index in [1.54, 1.807) is 31.4 Å². The van der Waals surface area contributed by atoms with Crippen molar-refractivity contribution in [2.75, 3.05) is 25.9 Å². The Kier molecular flexibility index (Phi) is 19.1. The summed E-state index contributed by atoms with van der Waals surface area (Å²) in [7, 11) is 1.96. The summed E-state index contributed by atoms with van der Waals surface area (Å²) >= 11 is 1.19. The molecule has 1 aliphatic heterocycles. The SMILES string of the molecule is CCCCCCN(C(=O)[C@@H](NC(=O)C1CCCCN1C)[C@@H](C)CC)[C@H](C[C@@H](OC(C)=O)c1nc(C(=O)N[C@@H](Cc2ccc(N)cc2)CC(C)(C)C(=O)O)cs1)C(C)C. The number of amides is 3. The van der Waals surface area contributed by atoms with E-state index in [-0.39, 0.29) is 54.3 Å². The molecule has 1 unspecified atom stereocenters. The van der Waals surface area contributed by atoms with Crippen molar-refractivity contribution in [2.45, 2.75) is 156 Å². The number of likely N-dealkylation sites (N-methyl/N-ethyl adjacent to an activating group) is 1. The number of piperidine rings is 1. The zero-order valence-corrected chi connectivity index (χ0v) is 37.2. The normalized spacial score (nSPS) is 17.4. The number of ether oxygens (including phenoxy) is 1. The highest BCUT2D eigenvalue weighted by atomic mass is 32.1. The summed E-state index contributed by atoms with van der Waals surface area (Å²) in [6.45, 7) is 16.1. The van der Waals surface area contributed by atoms with E-state index in [0.717, 1.165) is 57.1 Å². The van der Waals surface area contributed by atoms with E-state index in [4.69, 9.17) is 10.5 Å². The number of carboxylic acids is 1. The molecular formula is C44H70N6O7S. The molecule has 13 nitrogen and oxygen atoms in total. The van der Waals surface area contributed by atoms with Gasteiger partial charge in [0.15, 0.2) is 6.10 Å². The van der Waals surface area contributed by atoms with Crippen LogP contribution in [0.15, 0.2) is 29.6 Å². The molecule has 3 rings (SSSR count). The Bertz CT molecular complexity index is 1650. The minimum atomic E-state index is -1.12. The van der Waals surface area contributed by atoms with Crippen LogP contribution in [0.4, 0.5) is 5.69 Å². The van der Waals surface area contributed by atoms with E-state index < -0.39 is 41.4 Å². The molecule has 5 N–H and O–H groups in total. The van der Waals surface area contributed by atoms with Gasteiger partial charge in [-0.05, 0) is 89.1 Å². The van der Waals surface area contributed by atoms with Crippen molar-refractivity contribution in [3.8, 4) is 0 Å². The lowest BCUT2D eigenvalue weighted by Gasteiger charge is -2.40. The van der Waals surface area contributed by atoms with Crippen LogP contribution < -0.4 is 16.4 Å². The number of unbranched alkanes of at least 4 members (excludes halogenated alkanes) is 3. The summed E-state index contributed by atoms with van der Waals surface area (Å²) in [6.07, 6.45) is 7.18. The van der Waals surface area contributed by atoms with Gasteiger partial charge in [0.2, 0.25) is 11.8 Å². The van der Waals surface area contributed by atoms with Gasteiger partial charge in [0.1, 0.15) is 16.7 Å². The molecule has 6 atom stereocenters. The maximum Gasteiger partial charge on any atom is 0.309 e. The molecule has 14 heteroatoms. The first kappa shape index (κ1) is 48.3. The number of carboxylic acid groups (broad SMARTS) is 1. The zero-order chi connectivity index (χ0) is 43.2. The summed E-state index contributed by atoms with van der Waals surface area (Å²) in [5.41, 5.74) is 6.37. The molecule has 1 aromatic carbocycles. The molecule has 0 aliphatic carbocycles. The smallest absolute Gasteiger partial charge is 0.309 e. The van der Waals surface area contributed by atoms with Crippen LogP contribution in [0.3, 0.4) is 0 Å². The number of benzene rings is 1. The van der Waals surface area contributed by atoms with E-state index in [9.17, 15) is 29.1 Å². The van der Waals surface area contributed by atoms with Gasteiger partial charge in [-0.2, -0.15) is 0 Å². The Hall–Kier alpha value is -4.04. The van der Waals surface area contributed by atoms with Gasteiger partial charge in [-0.1, -0.05) is 78.9 Å². The first-order valence-corrected chi connectivity index (χ1v) is 22.1. The fourth-order valence-electron chi connectivity index (χ4n) is 7.66. The fourth-order valence-corrected chi connectivity index (χ4v) is 8.50. The second-order valence-electron chi connectivity index (χ2n) is 17.2. The van der Waals surface area contributed by atoms with E-state index in [1.165, 1.54) is 18.3 Å². The topological polar surface area (TPSA) is 184 Å². The lowest BCUT2D eigenvalue weighted by atomic mass is 9.84. The van der Waals surface area contributed by atoms with Crippen LogP contribution in [-0.4, -0.2) is 93.9 Å². The van der Waals surface area contributed by atoms with Gasteiger partial charge in [-0.15, -0.1) is 11.3 Å². The maximum absolute atomic E-state index is 14.9. The molecule has 1 aromatic heterocycles. The van der Waals surface area contributed by atoms with Crippen LogP contribution in [-0.2, 0) is 30.3 Å². The lowest BCUT2D eigenvalue weighted by Crippen LogP contribution is -2.59. The third-order valence-corrected chi connectivity index (χ3v) is 12.4. The molecule has 324 valence electrons. The number of aliphatic carboxylic acids is 1. The number of hydrogen-bond donors (Lipinski definition) is 4. The van der Waals surface area contributed by atoms with Crippen molar-refractivity contribution in [3.05, 3.63) is 45.9 Å². The number of nitrogen functional groups attached to an aromatic ring is 1. The van der Waals surface area contributed by atoms with Gasteiger partial charge >= 0.3 is 11.9 Å². The van der Waals surface area contributed by atoms with Gasteiger partial charge in [-0.25, -0.2) is 4.98 Å². The number of carbonyl (C=O) groups is 5. The number of likely N-dealkylation sites (tertiary alicyclic amines) is 1. The van der Waals surface area contributed by atoms with E-state index in [2.05, 4.69) is 27.4 Å². The number of thiazole rings is 1. The van der Waals surface area contributed by atoms with Crippen LogP contribution >= 0.6 is 11.3 Å². The van der Waals surface area contributed by atoms with Crippen LogP contribution in [0.2, 0.25) is 0 Å². The molecule has 0 saturated carbocycles. The molecule has 1 aliphatic rings. The molecule has 2 aromatic rings. The standard InChI is InChI=1S/C44H70N6O7S/c1-10-12-13-15-23-50(42(54)38(29(5)11-2)48-40(53)35-17-14-16-22-49(35)9)36(28(3)4)25-37(57-30(6)51)41-47-34(27-58-41)39(52)46-33(26-44(7,8)43(55)56)24-31-18-20-32(45)21-19-31/h18-21,27-29,33,35-38H,10-17,22-26,45H2,1-9H3,(H,46,52)(H,48,53)(H,55,56)/t29-,33-,35?,36+,37+,38-/m0/s1. The average Bonchev–Trinajstić information content (AvgIpc) is 3.67. The third kappa shape index (κ3) is 14.4. The van der Waals surface area contributed by atoms with Gasteiger partial charge < -0.3 is 31.1 Å². The monoisotopic (exact) mass is 827 g/mol. The van der Waals surface area contributed by atoms with Crippen molar-refractivity contribution < 1.29 is 33.8 Å². The van der Waals surface area contributed by atoms with Crippen molar-refractivity contribution in [3.63, 3.8) is 0 Å². The maximum atomic E-state index is 14.9. The number of rotatable bonds is 23. The predicted molar refractivity (Wildman–Crippen MR) is 229 cm³/mol. The minimum Gasteiger partial charge on any atom is -0.481 e. The Labute approximate surface area is 350 Å². The van der Waals surface area contributed by atoms with Crippen LogP contribution in [0.5, 0.6) is 0 Å². The van der Waals surface area contributed by atoms with Gasteiger partial charge in [0.25, 0.3) is 5.91 Å². The van der Waals surface area contributed by atoms with Crippen LogP contribution in [0, 0.1) is 17.3 Å².